The number of aromatic amines is 1. The van der Waals surface area contributed by atoms with E-state index in [9.17, 15) is 9.59 Å². The molecule has 154 valence electrons. The van der Waals surface area contributed by atoms with E-state index in [4.69, 9.17) is 5.73 Å². The summed E-state index contributed by atoms with van der Waals surface area (Å²) in [6, 6.07) is 17.3. The van der Waals surface area contributed by atoms with E-state index < -0.39 is 0 Å². The summed E-state index contributed by atoms with van der Waals surface area (Å²) in [5.74, 6) is -0.198. The van der Waals surface area contributed by atoms with Gasteiger partial charge in [0.15, 0.2) is 0 Å². The Morgan fingerprint density at radius 2 is 1.69 bits per heavy atom. The number of halogens is 1. The van der Waals surface area contributed by atoms with E-state index >= 15 is 0 Å². The molecule has 1 amide bonds. The van der Waals surface area contributed by atoms with E-state index in [1.165, 1.54) is 0 Å². The first-order valence-corrected chi connectivity index (χ1v) is 9.85. The van der Waals surface area contributed by atoms with Gasteiger partial charge in [0.05, 0.1) is 17.0 Å². The number of nitrogens with two attached hydrogens (primary N) is 1. The molecule has 0 radical (unpaired) electrons. The third-order valence-electron chi connectivity index (χ3n) is 5.88. The molecule has 0 saturated carbocycles. The molecule has 1 saturated heterocycles. The van der Waals surface area contributed by atoms with Gasteiger partial charge in [-0.1, -0.05) is 49.4 Å². The molecule has 1 aromatic heterocycles. The highest BCUT2D eigenvalue weighted by molar-refractivity contribution is 5.85. The lowest BCUT2D eigenvalue weighted by Gasteiger charge is -2.35. The molecule has 2 unspecified atom stereocenters. The molecule has 0 aliphatic carbocycles. The van der Waals surface area contributed by atoms with Crippen molar-refractivity contribution in [2.45, 2.75) is 31.8 Å². The molecule has 4 rings (SSSR count). The van der Waals surface area contributed by atoms with Gasteiger partial charge in [0.2, 0.25) is 5.91 Å². The van der Waals surface area contributed by atoms with Gasteiger partial charge >= 0.3 is 5.69 Å². The molecule has 1 fully saturated rings. The van der Waals surface area contributed by atoms with Crippen LogP contribution in [0, 0.1) is 5.92 Å². The van der Waals surface area contributed by atoms with Gasteiger partial charge in [0, 0.05) is 25.2 Å². The Bertz CT molecular complexity index is 1020. The van der Waals surface area contributed by atoms with Crippen molar-refractivity contribution >= 4 is 29.3 Å². The molecular weight excluding hydrogens is 388 g/mol. The smallest absolute Gasteiger partial charge is 0.326 e. The summed E-state index contributed by atoms with van der Waals surface area (Å²) in [4.78, 5) is 30.2. The quantitative estimate of drug-likeness (QED) is 0.687. The molecule has 2 heterocycles. The van der Waals surface area contributed by atoms with Gasteiger partial charge in [-0.15, -0.1) is 12.4 Å². The predicted octanol–water partition coefficient (Wildman–Crippen LogP) is 3.25. The van der Waals surface area contributed by atoms with Crippen LogP contribution in [-0.2, 0) is 4.79 Å². The fourth-order valence-electron chi connectivity index (χ4n) is 4.19. The minimum Gasteiger partial charge on any atom is -0.342 e. The monoisotopic (exact) mass is 414 g/mol. The zero-order valence-corrected chi connectivity index (χ0v) is 17.3. The van der Waals surface area contributed by atoms with Crippen LogP contribution in [0.3, 0.4) is 0 Å². The number of nitrogens with one attached hydrogen (secondary N) is 1. The highest BCUT2D eigenvalue weighted by Crippen LogP contribution is 2.27. The third kappa shape index (κ3) is 4.09. The number of benzene rings is 2. The topological polar surface area (TPSA) is 84.1 Å². The zero-order chi connectivity index (χ0) is 19.7. The van der Waals surface area contributed by atoms with Crippen molar-refractivity contribution in [1.29, 1.82) is 0 Å². The zero-order valence-electron chi connectivity index (χ0n) is 16.5. The van der Waals surface area contributed by atoms with Gasteiger partial charge in [-0.05, 0) is 30.5 Å². The number of amides is 1. The predicted molar refractivity (Wildman–Crippen MR) is 117 cm³/mol. The van der Waals surface area contributed by atoms with Crippen LogP contribution in [0.15, 0.2) is 59.4 Å². The number of carbonyl (C=O) groups is 1. The number of hydrogen-bond acceptors (Lipinski definition) is 3. The second-order valence-electron chi connectivity index (χ2n) is 7.60. The molecule has 0 spiro atoms. The first kappa shape index (κ1) is 21.1. The standard InChI is InChI=1S/C22H26N4O2.ClH/c1-15(20(23)16-7-3-2-4-8-16)21(27)25-13-11-17(12-14-25)26-19-10-6-5-9-18(19)24-22(26)28;/h2-10,15,17,20H,11-14,23H2,1H3,(H,24,28);1H. The number of aromatic nitrogens is 2. The average Bonchev–Trinajstić information content (AvgIpc) is 3.08. The molecular formula is C22H27ClN4O2. The normalized spacial score (nSPS) is 17.0. The summed E-state index contributed by atoms with van der Waals surface area (Å²) >= 11 is 0. The van der Waals surface area contributed by atoms with Crippen molar-refractivity contribution in [3.63, 3.8) is 0 Å². The third-order valence-corrected chi connectivity index (χ3v) is 5.88. The highest BCUT2D eigenvalue weighted by Gasteiger charge is 2.31. The first-order chi connectivity index (χ1) is 13.6. The van der Waals surface area contributed by atoms with Crippen LogP contribution in [0.4, 0.5) is 0 Å². The maximum absolute atomic E-state index is 13.0. The van der Waals surface area contributed by atoms with Gasteiger partial charge in [-0.2, -0.15) is 0 Å². The molecule has 2 atom stereocenters. The second-order valence-corrected chi connectivity index (χ2v) is 7.60. The maximum Gasteiger partial charge on any atom is 0.326 e. The first-order valence-electron chi connectivity index (χ1n) is 9.85. The molecule has 1 aliphatic rings. The van der Waals surface area contributed by atoms with E-state index in [1.54, 1.807) is 0 Å². The van der Waals surface area contributed by atoms with Crippen LogP contribution in [0.2, 0.25) is 0 Å². The van der Waals surface area contributed by atoms with Crippen molar-refractivity contribution < 1.29 is 4.79 Å². The lowest BCUT2D eigenvalue weighted by molar-refractivity contribution is -0.137. The summed E-state index contributed by atoms with van der Waals surface area (Å²) in [6.07, 6.45) is 1.53. The Kier molecular flexibility index (Phi) is 6.45. The number of hydrogen-bond donors (Lipinski definition) is 2. The summed E-state index contributed by atoms with van der Waals surface area (Å²) < 4.78 is 1.84. The fraction of sp³-hybridized carbons (Fsp3) is 0.364. The lowest BCUT2D eigenvalue weighted by Crippen LogP contribution is -2.44. The summed E-state index contributed by atoms with van der Waals surface area (Å²) in [5.41, 5.74) is 9.02. The van der Waals surface area contributed by atoms with Crippen molar-refractivity contribution in [3.05, 3.63) is 70.6 Å². The van der Waals surface area contributed by atoms with E-state index in [-0.39, 0.29) is 42.0 Å². The number of carbonyl (C=O) groups excluding carboxylic acids is 1. The van der Waals surface area contributed by atoms with Gasteiger partial charge in [-0.25, -0.2) is 4.79 Å². The van der Waals surface area contributed by atoms with Crippen LogP contribution in [0.1, 0.15) is 37.4 Å². The van der Waals surface area contributed by atoms with Crippen LogP contribution < -0.4 is 11.4 Å². The van der Waals surface area contributed by atoms with E-state index in [0.29, 0.717) is 13.1 Å². The molecule has 6 nitrogen and oxygen atoms in total. The molecule has 0 bridgehead atoms. The Hall–Kier alpha value is -2.57. The summed E-state index contributed by atoms with van der Waals surface area (Å²) in [5, 5.41) is 0. The fourth-order valence-corrected chi connectivity index (χ4v) is 4.19. The van der Waals surface area contributed by atoms with Crippen molar-refractivity contribution in [1.82, 2.24) is 14.5 Å². The summed E-state index contributed by atoms with van der Waals surface area (Å²) in [7, 11) is 0. The molecule has 3 aromatic rings. The number of imidazole rings is 1. The number of rotatable bonds is 4. The van der Waals surface area contributed by atoms with Gasteiger partial charge < -0.3 is 15.6 Å². The Balaban J connectivity index is 0.00000240. The van der Waals surface area contributed by atoms with E-state index in [0.717, 1.165) is 29.4 Å². The number of fused-ring (bicyclic) bond motifs is 1. The van der Waals surface area contributed by atoms with Gasteiger partial charge in [0.25, 0.3) is 0 Å². The molecule has 29 heavy (non-hydrogen) atoms. The van der Waals surface area contributed by atoms with E-state index in [2.05, 4.69) is 4.98 Å². The minimum absolute atomic E-state index is 0. The molecule has 3 N–H and O–H groups in total. The van der Waals surface area contributed by atoms with E-state index in [1.807, 2.05) is 71.0 Å². The number of nitrogens with zero attached hydrogens (tertiary/aromatic N) is 2. The van der Waals surface area contributed by atoms with Crippen molar-refractivity contribution in [3.8, 4) is 0 Å². The van der Waals surface area contributed by atoms with Gasteiger partial charge in [0.1, 0.15) is 0 Å². The number of H-pyrrole nitrogens is 1. The second kappa shape index (κ2) is 8.84. The average molecular weight is 415 g/mol. The number of likely N-dealkylation sites (tertiary alicyclic amines) is 1. The largest absolute Gasteiger partial charge is 0.342 e. The SMILES string of the molecule is CC(C(=O)N1CCC(n2c(=O)[nH]c3ccccc32)CC1)C(N)c1ccccc1.Cl. The Morgan fingerprint density at radius 3 is 2.38 bits per heavy atom. The highest BCUT2D eigenvalue weighted by atomic mass is 35.5. The van der Waals surface area contributed by atoms with Crippen molar-refractivity contribution in [2.75, 3.05) is 13.1 Å². The van der Waals surface area contributed by atoms with Crippen molar-refractivity contribution in [2.24, 2.45) is 11.7 Å². The number of para-hydroxylation sites is 2. The molecule has 2 aromatic carbocycles. The number of piperidine rings is 1. The van der Waals surface area contributed by atoms with Crippen LogP contribution in [0.5, 0.6) is 0 Å². The maximum atomic E-state index is 13.0. The Morgan fingerprint density at radius 1 is 1.07 bits per heavy atom. The minimum atomic E-state index is -0.317. The van der Waals surface area contributed by atoms with Crippen LogP contribution in [-0.4, -0.2) is 33.4 Å². The molecule has 7 heteroatoms. The Labute approximate surface area is 176 Å². The summed E-state index contributed by atoms with van der Waals surface area (Å²) in [6.45, 7) is 3.18. The van der Waals surface area contributed by atoms with Gasteiger partial charge in [-0.3, -0.25) is 9.36 Å². The molecule has 1 aliphatic heterocycles. The van der Waals surface area contributed by atoms with Crippen LogP contribution >= 0.6 is 12.4 Å². The lowest BCUT2D eigenvalue weighted by atomic mass is 9.93. The van der Waals surface area contributed by atoms with Crippen LogP contribution in [0.25, 0.3) is 11.0 Å².